The van der Waals surface area contributed by atoms with E-state index < -0.39 is 5.97 Å². The Balaban J connectivity index is 3.04. The van der Waals surface area contributed by atoms with E-state index in [0.717, 1.165) is 0 Å². The van der Waals surface area contributed by atoms with Crippen molar-refractivity contribution in [2.24, 2.45) is 0 Å². The zero-order valence-corrected chi connectivity index (χ0v) is 11.9. The molecule has 19 heavy (non-hydrogen) atoms. The average Bonchev–Trinajstić information content (AvgIpc) is 2.41. The second kappa shape index (κ2) is 6.95. The molecule has 1 aromatic rings. The summed E-state index contributed by atoms with van der Waals surface area (Å²) in [5.41, 5.74) is 1.17. The van der Waals surface area contributed by atoms with Gasteiger partial charge in [-0.1, -0.05) is 29.8 Å². The zero-order chi connectivity index (χ0) is 14.4. The molecular weight excluding hydrogens is 266 g/mol. The predicted octanol–water partition coefficient (Wildman–Crippen LogP) is 2.12. The smallest absolute Gasteiger partial charge is 0.343 e. The van der Waals surface area contributed by atoms with Crippen molar-refractivity contribution in [2.75, 3.05) is 14.2 Å². The van der Waals surface area contributed by atoms with Gasteiger partial charge in [-0.15, -0.1) is 0 Å². The first-order valence-corrected chi connectivity index (χ1v) is 6.12. The number of carbonyl (C=O) groups excluding carboxylic acids is 2. The van der Waals surface area contributed by atoms with Gasteiger partial charge in [0.25, 0.3) is 0 Å². The minimum Gasteiger partial charge on any atom is -0.465 e. The van der Waals surface area contributed by atoms with Crippen LogP contribution in [0, 0.1) is 0 Å². The molecule has 1 rings (SSSR count). The third-order valence-corrected chi connectivity index (χ3v) is 3.10. The summed E-state index contributed by atoms with van der Waals surface area (Å²) in [7, 11) is 2.88. The molecule has 0 aliphatic carbocycles. The highest BCUT2D eigenvalue weighted by Crippen LogP contribution is 2.18. The van der Waals surface area contributed by atoms with Crippen molar-refractivity contribution in [1.29, 1.82) is 0 Å². The SMILES string of the molecule is CNC(C)=C(C(=O)Cc1ccccc1Cl)C(=O)OC. The van der Waals surface area contributed by atoms with Gasteiger partial charge >= 0.3 is 5.97 Å². The van der Waals surface area contributed by atoms with Crippen LogP contribution in [0.3, 0.4) is 0 Å². The third-order valence-electron chi connectivity index (χ3n) is 2.73. The number of hydrogen-bond donors (Lipinski definition) is 1. The van der Waals surface area contributed by atoms with Gasteiger partial charge in [0, 0.05) is 24.2 Å². The number of halogens is 1. The van der Waals surface area contributed by atoms with Crippen LogP contribution in [0.1, 0.15) is 12.5 Å². The van der Waals surface area contributed by atoms with Crippen LogP contribution in [0.4, 0.5) is 0 Å². The number of Topliss-reactive ketones (excluding diaryl/α,β-unsaturated/α-hetero) is 1. The molecule has 0 amide bonds. The number of ketones is 1. The minimum atomic E-state index is -0.649. The maximum absolute atomic E-state index is 12.2. The lowest BCUT2D eigenvalue weighted by atomic mass is 10.0. The number of allylic oxidation sites excluding steroid dienone is 1. The summed E-state index contributed by atoms with van der Waals surface area (Å²) >= 11 is 6.00. The molecule has 0 aliphatic rings. The van der Waals surface area contributed by atoms with Crippen molar-refractivity contribution in [2.45, 2.75) is 13.3 Å². The lowest BCUT2D eigenvalue weighted by molar-refractivity contribution is -0.137. The quantitative estimate of drug-likeness (QED) is 0.389. The monoisotopic (exact) mass is 281 g/mol. The predicted molar refractivity (Wildman–Crippen MR) is 73.9 cm³/mol. The summed E-state index contributed by atoms with van der Waals surface area (Å²) in [6, 6.07) is 7.04. The summed E-state index contributed by atoms with van der Waals surface area (Å²) in [6.45, 7) is 1.65. The molecule has 1 N–H and O–H groups in total. The fourth-order valence-corrected chi connectivity index (χ4v) is 1.81. The van der Waals surface area contributed by atoms with Gasteiger partial charge in [0.1, 0.15) is 5.57 Å². The van der Waals surface area contributed by atoms with E-state index in [-0.39, 0.29) is 17.8 Å². The molecule has 0 spiro atoms. The Morgan fingerprint density at radius 3 is 2.47 bits per heavy atom. The number of rotatable bonds is 5. The van der Waals surface area contributed by atoms with Crippen molar-refractivity contribution in [1.82, 2.24) is 5.32 Å². The van der Waals surface area contributed by atoms with E-state index in [2.05, 4.69) is 10.1 Å². The van der Waals surface area contributed by atoms with Crippen molar-refractivity contribution < 1.29 is 14.3 Å². The molecule has 0 fully saturated rings. The van der Waals surface area contributed by atoms with Crippen LogP contribution < -0.4 is 5.32 Å². The van der Waals surface area contributed by atoms with Crippen LogP contribution in [-0.2, 0) is 20.7 Å². The van der Waals surface area contributed by atoms with Crippen LogP contribution in [-0.4, -0.2) is 25.9 Å². The van der Waals surface area contributed by atoms with E-state index in [4.69, 9.17) is 11.6 Å². The minimum absolute atomic E-state index is 0.0184. The van der Waals surface area contributed by atoms with Gasteiger partial charge in [-0.2, -0.15) is 0 Å². The number of esters is 1. The largest absolute Gasteiger partial charge is 0.465 e. The van der Waals surface area contributed by atoms with E-state index >= 15 is 0 Å². The molecular formula is C14H16ClNO3. The lowest BCUT2D eigenvalue weighted by Crippen LogP contribution is -2.22. The Bertz CT molecular complexity index is 523. The van der Waals surface area contributed by atoms with Gasteiger partial charge in [-0.25, -0.2) is 4.79 Å². The Hall–Kier alpha value is -1.81. The molecule has 0 bridgehead atoms. The number of nitrogens with one attached hydrogen (secondary N) is 1. The normalized spacial score (nSPS) is 11.6. The summed E-state index contributed by atoms with van der Waals surface area (Å²) in [4.78, 5) is 23.9. The molecule has 0 heterocycles. The second-order valence-electron chi connectivity index (χ2n) is 3.93. The Morgan fingerprint density at radius 2 is 1.95 bits per heavy atom. The number of methoxy groups -OCH3 is 1. The first-order chi connectivity index (χ1) is 9.01. The molecule has 0 saturated heterocycles. The van der Waals surface area contributed by atoms with Crippen LogP contribution in [0.5, 0.6) is 0 Å². The average molecular weight is 282 g/mol. The summed E-state index contributed by atoms with van der Waals surface area (Å²) in [5.74, 6) is -0.976. The molecule has 4 nitrogen and oxygen atoms in total. The van der Waals surface area contributed by atoms with E-state index in [0.29, 0.717) is 16.3 Å². The maximum Gasteiger partial charge on any atom is 0.343 e. The maximum atomic E-state index is 12.2. The van der Waals surface area contributed by atoms with Gasteiger partial charge in [-0.05, 0) is 18.6 Å². The van der Waals surface area contributed by atoms with E-state index in [9.17, 15) is 9.59 Å². The molecule has 0 saturated carbocycles. The van der Waals surface area contributed by atoms with Gasteiger partial charge in [-0.3, -0.25) is 4.79 Å². The Morgan fingerprint density at radius 1 is 1.32 bits per heavy atom. The summed E-state index contributed by atoms with van der Waals surface area (Å²) < 4.78 is 4.63. The van der Waals surface area contributed by atoms with Crippen molar-refractivity contribution >= 4 is 23.4 Å². The Kier molecular flexibility index (Phi) is 5.57. The van der Waals surface area contributed by atoms with Crippen molar-refractivity contribution in [3.8, 4) is 0 Å². The number of ether oxygens (including phenoxy) is 1. The Labute approximate surface area is 117 Å². The first kappa shape index (κ1) is 15.2. The standard InChI is InChI=1S/C14H16ClNO3/c1-9(16-2)13(14(18)19-3)12(17)8-10-6-4-5-7-11(10)15/h4-7,16H,8H2,1-3H3. The number of carbonyl (C=O) groups is 2. The summed E-state index contributed by atoms with van der Waals surface area (Å²) in [6.07, 6.45) is 0.0587. The highest BCUT2D eigenvalue weighted by molar-refractivity contribution is 6.31. The van der Waals surface area contributed by atoms with Crippen LogP contribution in [0.25, 0.3) is 0 Å². The molecule has 0 aromatic heterocycles. The van der Waals surface area contributed by atoms with Crippen molar-refractivity contribution in [3.05, 3.63) is 46.1 Å². The molecule has 0 unspecified atom stereocenters. The topological polar surface area (TPSA) is 55.4 Å². The molecule has 102 valence electrons. The second-order valence-corrected chi connectivity index (χ2v) is 4.34. The van der Waals surface area contributed by atoms with Crippen molar-refractivity contribution in [3.63, 3.8) is 0 Å². The van der Waals surface area contributed by atoms with Gasteiger partial charge in [0.15, 0.2) is 5.78 Å². The van der Waals surface area contributed by atoms with E-state index in [1.807, 2.05) is 0 Å². The molecule has 5 heteroatoms. The third kappa shape index (κ3) is 3.83. The number of hydrogen-bond acceptors (Lipinski definition) is 4. The molecule has 0 radical (unpaired) electrons. The highest BCUT2D eigenvalue weighted by Gasteiger charge is 2.22. The summed E-state index contributed by atoms with van der Waals surface area (Å²) in [5, 5.41) is 3.29. The van der Waals surface area contributed by atoms with Crippen LogP contribution in [0.2, 0.25) is 5.02 Å². The van der Waals surface area contributed by atoms with Gasteiger partial charge < -0.3 is 10.1 Å². The van der Waals surface area contributed by atoms with Gasteiger partial charge in [0.2, 0.25) is 0 Å². The van der Waals surface area contributed by atoms with Crippen LogP contribution >= 0.6 is 11.6 Å². The fourth-order valence-electron chi connectivity index (χ4n) is 1.61. The first-order valence-electron chi connectivity index (χ1n) is 5.74. The van der Waals surface area contributed by atoms with Gasteiger partial charge in [0.05, 0.1) is 7.11 Å². The van der Waals surface area contributed by atoms with E-state index in [1.54, 1.807) is 38.2 Å². The molecule has 0 atom stereocenters. The lowest BCUT2D eigenvalue weighted by Gasteiger charge is -2.10. The molecule has 0 aliphatic heterocycles. The highest BCUT2D eigenvalue weighted by atomic mass is 35.5. The van der Waals surface area contributed by atoms with E-state index in [1.165, 1.54) is 7.11 Å². The zero-order valence-electron chi connectivity index (χ0n) is 11.1. The molecule has 1 aromatic carbocycles. The number of benzene rings is 1. The fraction of sp³-hybridized carbons (Fsp3) is 0.286. The van der Waals surface area contributed by atoms with Crippen LogP contribution in [0.15, 0.2) is 35.5 Å².